The van der Waals surface area contributed by atoms with Crippen molar-refractivity contribution >= 4 is 17.2 Å². The van der Waals surface area contributed by atoms with Gasteiger partial charge in [0.05, 0.1) is 12.1 Å². The molecule has 0 unspecified atom stereocenters. The Balaban J connectivity index is 1.76. The fourth-order valence-electron chi connectivity index (χ4n) is 2.62. The van der Waals surface area contributed by atoms with E-state index in [1.165, 1.54) is 16.0 Å². The first-order valence-electron chi connectivity index (χ1n) is 8.36. The summed E-state index contributed by atoms with van der Waals surface area (Å²) in [5, 5.41) is 8.66. The van der Waals surface area contributed by atoms with Gasteiger partial charge in [-0.15, -0.1) is 11.3 Å². The molecule has 1 saturated carbocycles. The van der Waals surface area contributed by atoms with Crippen LogP contribution in [0.25, 0.3) is 0 Å². The van der Waals surface area contributed by atoms with Gasteiger partial charge in [0, 0.05) is 10.9 Å². The van der Waals surface area contributed by atoms with E-state index in [-0.39, 0.29) is 18.0 Å². The van der Waals surface area contributed by atoms with Crippen molar-refractivity contribution in [3.63, 3.8) is 0 Å². The Hall–Kier alpha value is -1.65. The number of nitrogens with one attached hydrogen (secondary N) is 2. The SMILES string of the molecule is CCc1ccc([C@H](N[C@H](C)C(=O)NC2CC2)c2cccs2)cc1. The van der Waals surface area contributed by atoms with E-state index in [1.54, 1.807) is 11.3 Å². The molecule has 1 aromatic carbocycles. The molecule has 2 atom stereocenters. The number of hydrogen-bond acceptors (Lipinski definition) is 3. The molecule has 2 N–H and O–H groups in total. The standard InChI is InChI=1S/C19H24N2OS/c1-3-14-6-8-15(9-7-14)18(17-5-4-12-23-17)20-13(2)19(22)21-16-10-11-16/h4-9,12-13,16,18,20H,3,10-11H2,1-2H3,(H,21,22)/t13-,18+/m1/s1. The molecule has 0 saturated heterocycles. The Morgan fingerprint density at radius 1 is 1.26 bits per heavy atom. The minimum atomic E-state index is -0.214. The van der Waals surface area contributed by atoms with Gasteiger partial charge in [-0.05, 0) is 48.8 Å². The lowest BCUT2D eigenvalue weighted by Crippen LogP contribution is -2.44. The third-order valence-corrected chi connectivity index (χ3v) is 5.22. The molecule has 23 heavy (non-hydrogen) atoms. The Kier molecular flexibility index (Phi) is 5.13. The Morgan fingerprint density at radius 2 is 2.00 bits per heavy atom. The van der Waals surface area contributed by atoms with E-state index in [2.05, 4.69) is 59.3 Å². The summed E-state index contributed by atoms with van der Waals surface area (Å²) < 4.78 is 0. The smallest absolute Gasteiger partial charge is 0.237 e. The lowest BCUT2D eigenvalue weighted by atomic mass is 10.0. The molecule has 0 spiro atoms. The fourth-order valence-corrected chi connectivity index (χ4v) is 3.44. The molecule has 1 aliphatic carbocycles. The maximum atomic E-state index is 12.3. The van der Waals surface area contributed by atoms with Gasteiger partial charge in [-0.2, -0.15) is 0 Å². The summed E-state index contributed by atoms with van der Waals surface area (Å²) in [6, 6.07) is 13.1. The first kappa shape index (κ1) is 16.2. The molecule has 1 amide bonds. The molecule has 0 aliphatic heterocycles. The van der Waals surface area contributed by atoms with Crippen molar-refractivity contribution in [1.29, 1.82) is 0 Å². The van der Waals surface area contributed by atoms with E-state index >= 15 is 0 Å². The number of hydrogen-bond donors (Lipinski definition) is 2. The average molecular weight is 328 g/mol. The number of aryl methyl sites for hydroxylation is 1. The van der Waals surface area contributed by atoms with Crippen molar-refractivity contribution in [3.8, 4) is 0 Å². The highest BCUT2D eigenvalue weighted by molar-refractivity contribution is 7.10. The molecule has 2 aromatic rings. The van der Waals surface area contributed by atoms with E-state index in [4.69, 9.17) is 0 Å². The summed E-state index contributed by atoms with van der Waals surface area (Å²) in [6.45, 7) is 4.10. The quantitative estimate of drug-likeness (QED) is 0.814. The molecule has 1 aromatic heterocycles. The van der Waals surface area contributed by atoms with Gasteiger partial charge < -0.3 is 5.32 Å². The number of benzene rings is 1. The van der Waals surface area contributed by atoms with Crippen molar-refractivity contribution in [3.05, 3.63) is 57.8 Å². The van der Waals surface area contributed by atoms with Crippen molar-refractivity contribution in [2.45, 2.75) is 51.2 Å². The van der Waals surface area contributed by atoms with Crippen LogP contribution in [-0.4, -0.2) is 18.0 Å². The lowest BCUT2D eigenvalue weighted by molar-refractivity contribution is -0.123. The van der Waals surface area contributed by atoms with E-state index in [0.717, 1.165) is 19.3 Å². The van der Waals surface area contributed by atoms with Crippen LogP contribution in [0.4, 0.5) is 0 Å². The molecule has 0 radical (unpaired) electrons. The molecule has 1 aliphatic rings. The van der Waals surface area contributed by atoms with Crippen molar-refractivity contribution in [1.82, 2.24) is 10.6 Å². The zero-order valence-electron chi connectivity index (χ0n) is 13.7. The normalized spacial score (nSPS) is 16.8. The summed E-state index contributed by atoms with van der Waals surface area (Å²) >= 11 is 1.72. The maximum Gasteiger partial charge on any atom is 0.237 e. The largest absolute Gasteiger partial charge is 0.352 e. The van der Waals surface area contributed by atoms with Crippen LogP contribution in [0.1, 0.15) is 48.7 Å². The highest BCUT2D eigenvalue weighted by atomic mass is 32.1. The van der Waals surface area contributed by atoms with Gasteiger partial charge in [0.2, 0.25) is 5.91 Å². The fraction of sp³-hybridized carbons (Fsp3) is 0.421. The van der Waals surface area contributed by atoms with E-state index in [0.29, 0.717) is 6.04 Å². The summed E-state index contributed by atoms with van der Waals surface area (Å²) in [5.41, 5.74) is 2.54. The summed E-state index contributed by atoms with van der Waals surface area (Å²) in [4.78, 5) is 13.5. The van der Waals surface area contributed by atoms with Crippen molar-refractivity contribution in [2.24, 2.45) is 0 Å². The molecule has 3 nitrogen and oxygen atoms in total. The van der Waals surface area contributed by atoms with Crippen LogP contribution in [-0.2, 0) is 11.2 Å². The third-order valence-electron chi connectivity index (χ3n) is 4.28. The van der Waals surface area contributed by atoms with Gasteiger partial charge in [0.1, 0.15) is 0 Å². The van der Waals surface area contributed by atoms with Crippen LogP contribution < -0.4 is 10.6 Å². The second-order valence-electron chi connectivity index (χ2n) is 6.21. The second kappa shape index (κ2) is 7.28. The molecule has 0 bridgehead atoms. The van der Waals surface area contributed by atoms with Crippen LogP contribution >= 0.6 is 11.3 Å². The first-order valence-corrected chi connectivity index (χ1v) is 9.24. The van der Waals surface area contributed by atoms with Gasteiger partial charge in [-0.1, -0.05) is 37.3 Å². The van der Waals surface area contributed by atoms with Crippen LogP contribution in [0.2, 0.25) is 0 Å². The van der Waals surface area contributed by atoms with Crippen molar-refractivity contribution < 1.29 is 4.79 Å². The number of thiophene rings is 1. The molecular weight excluding hydrogens is 304 g/mol. The highest BCUT2D eigenvalue weighted by Gasteiger charge is 2.27. The van der Waals surface area contributed by atoms with Crippen LogP contribution in [0.5, 0.6) is 0 Å². The highest BCUT2D eigenvalue weighted by Crippen LogP contribution is 2.27. The van der Waals surface area contributed by atoms with Gasteiger partial charge in [-0.3, -0.25) is 10.1 Å². The Morgan fingerprint density at radius 3 is 2.57 bits per heavy atom. The zero-order valence-corrected chi connectivity index (χ0v) is 14.5. The minimum Gasteiger partial charge on any atom is -0.352 e. The molecule has 4 heteroatoms. The molecule has 1 fully saturated rings. The lowest BCUT2D eigenvalue weighted by Gasteiger charge is -2.23. The number of amides is 1. The predicted octanol–water partition coefficient (Wildman–Crippen LogP) is 3.66. The predicted molar refractivity (Wildman–Crippen MR) is 95.7 cm³/mol. The molecular formula is C19H24N2OS. The first-order chi connectivity index (χ1) is 11.2. The minimum absolute atomic E-state index is 0.0564. The molecule has 122 valence electrons. The van der Waals surface area contributed by atoms with Gasteiger partial charge >= 0.3 is 0 Å². The summed E-state index contributed by atoms with van der Waals surface area (Å²) in [7, 11) is 0. The second-order valence-corrected chi connectivity index (χ2v) is 7.19. The number of carbonyl (C=O) groups is 1. The van der Waals surface area contributed by atoms with Crippen molar-refractivity contribution in [2.75, 3.05) is 0 Å². The average Bonchev–Trinajstić information content (AvgIpc) is 3.22. The number of rotatable bonds is 7. The van der Waals surface area contributed by atoms with Crippen LogP contribution in [0.15, 0.2) is 41.8 Å². The molecule has 1 heterocycles. The van der Waals surface area contributed by atoms with Gasteiger partial charge in [0.25, 0.3) is 0 Å². The topological polar surface area (TPSA) is 41.1 Å². The molecule has 3 rings (SSSR count). The van der Waals surface area contributed by atoms with Crippen LogP contribution in [0, 0.1) is 0 Å². The zero-order chi connectivity index (χ0) is 16.2. The summed E-state index contributed by atoms with van der Waals surface area (Å²) in [5.74, 6) is 0.0965. The van der Waals surface area contributed by atoms with E-state index < -0.39 is 0 Å². The Bertz CT molecular complexity index is 632. The summed E-state index contributed by atoms with van der Waals surface area (Å²) in [6.07, 6.45) is 3.27. The maximum absolute atomic E-state index is 12.3. The monoisotopic (exact) mass is 328 g/mol. The van der Waals surface area contributed by atoms with E-state index in [1.807, 2.05) is 6.92 Å². The van der Waals surface area contributed by atoms with E-state index in [9.17, 15) is 4.79 Å². The van der Waals surface area contributed by atoms with Crippen LogP contribution in [0.3, 0.4) is 0 Å². The third kappa shape index (κ3) is 4.21. The number of carbonyl (C=O) groups excluding carboxylic acids is 1. The van der Waals surface area contributed by atoms with Gasteiger partial charge in [-0.25, -0.2) is 0 Å². The Labute approximate surface area is 142 Å². The van der Waals surface area contributed by atoms with Gasteiger partial charge in [0.15, 0.2) is 0 Å².